The van der Waals surface area contributed by atoms with E-state index in [1.807, 2.05) is 152 Å². The molecule has 2 N–H and O–H groups in total. The van der Waals surface area contributed by atoms with Crippen LogP contribution in [-0.2, 0) is 29.5 Å². The standard InChI is InChI=1S/C46H36ClF2N5O5S2/c47-26-31-27-60-42-37(41(56)54(42)38(31)43(57)58-39(29-16-6-1-7-17-29)30-18-8-2-9-19-30)51-40(55)36(53-59-44(48)49)35-28-61-45(50-35)52-46(32-20-10-3-11-21-32,33-22-12-4-13-23-33)34-24-14-5-15-25-34/h1-25,28,37,39,42,44H,26-27H2,(H,50,52)(H,51,55)/b53-36+/t37?,42-/m1/s1. The van der Waals surface area contributed by atoms with E-state index in [0.29, 0.717) is 10.7 Å². The number of ether oxygens (including phenoxy) is 1. The maximum absolute atomic E-state index is 14.1. The summed E-state index contributed by atoms with van der Waals surface area (Å²) in [6.45, 7) is -3.35. The number of alkyl halides is 3. The molecule has 308 valence electrons. The molecule has 0 saturated carbocycles. The number of thiazole rings is 1. The first-order chi connectivity index (χ1) is 29.8. The van der Waals surface area contributed by atoms with Crippen molar-refractivity contribution in [1.29, 1.82) is 0 Å². The highest BCUT2D eigenvalue weighted by atomic mass is 35.5. The Morgan fingerprint density at radius 1 is 0.820 bits per heavy atom. The number of aromatic nitrogens is 1. The molecule has 1 unspecified atom stereocenters. The van der Waals surface area contributed by atoms with E-state index in [2.05, 4.69) is 25.6 Å². The molecule has 61 heavy (non-hydrogen) atoms. The van der Waals surface area contributed by atoms with E-state index in [9.17, 15) is 23.2 Å². The highest BCUT2D eigenvalue weighted by Gasteiger charge is 2.55. The quantitative estimate of drug-likeness (QED) is 0.0263. The van der Waals surface area contributed by atoms with Gasteiger partial charge in [-0.25, -0.2) is 9.78 Å². The fourth-order valence-corrected chi connectivity index (χ4v) is 9.84. The molecule has 0 spiro atoms. The van der Waals surface area contributed by atoms with E-state index in [0.717, 1.165) is 39.2 Å². The summed E-state index contributed by atoms with van der Waals surface area (Å²) in [5.41, 5.74) is 2.96. The van der Waals surface area contributed by atoms with E-state index in [4.69, 9.17) is 16.3 Å². The molecule has 1 fully saturated rings. The van der Waals surface area contributed by atoms with Gasteiger partial charge in [-0.05, 0) is 33.4 Å². The van der Waals surface area contributed by atoms with Crippen LogP contribution in [0.2, 0.25) is 0 Å². The Bertz CT molecular complexity index is 2420. The van der Waals surface area contributed by atoms with Gasteiger partial charge in [-0.1, -0.05) is 157 Å². The number of benzene rings is 5. The summed E-state index contributed by atoms with van der Waals surface area (Å²) in [5.74, 6) is -2.15. The fourth-order valence-electron chi connectivity index (χ4n) is 7.41. The predicted octanol–water partition coefficient (Wildman–Crippen LogP) is 8.72. The van der Waals surface area contributed by atoms with Crippen LogP contribution in [0.25, 0.3) is 0 Å². The molecule has 1 aromatic heterocycles. The number of fused-ring (bicyclic) bond motifs is 1. The van der Waals surface area contributed by atoms with Crippen molar-refractivity contribution in [3.63, 3.8) is 0 Å². The Kier molecular flexibility index (Phi) is 12.6. The lowest BCUT2D eigenvalue weighted by Crippen LogP contribution is -2.71. The number of carbonyl (C=O) groups excluding carboxylic acids is 3. The minimum Gasteiger partial charge on any atom is -0.448 e. The summed E-state index contributed by atoms with van der Waals surface area (Å²) >= 11 is 8.74. The number of rotatable bonds is 15. The molecule has 0 bridgehead atoms. The van der Waals surface area contributed by atoms with Crippen LogP contribution in [0.5, 0.6) is 0 Å². The van der Waals surface area contributed by atoms with Crippen LogP contribution >= 0.6 is 34.7 Å². The summed E-state index contributed by atoms with van der Waals surface area (Å²) in [6.07, 6.45) is -0.789. The first-order valence-corrected chi connectivity index (χ1v) is 21.5. The van der Waals surface area contributed by atoms with E-state index in [1.54, 1.807) is 0 Å². The normalized spacial score (nSPS) is 16.5. The van der Waals surface area contributed by atoms with Crippen LogP contribution in [0.1, 0.15) is 39.6 Å². The van der Waals surface area contributed by atoms with E-state index < -0.39 is 53.2 Å². The summed E-state index contributed by atoms with van der Waals surface area (Å²) in [6, 6.07) is 46.5. The number of thioether (sulfide) groups is 1. The maximum atomic E-state index is 14.1. The predicted molar refractivity (Wildman–Crippen MR) is 232 cm³/mol. The first-order valence-electron chi connectivity index (χ1n) is 19.1. The zero-order valence-corrected chi connectivity index (χ0v) is 34.5. The lowest BCUT2D eigenvalue weighted by Gasteiger charge is -2.49. The Morgan fingerprint density at radius 3 is 1.82 bits per heavy atom. The van der Waals surface area contributed by atoms with Gasteiger partial charge in [-0.2, -0.15) is 8.78 Å². The summed E-state index contributed by atoms with van der Waals surface area (Å²) in [7, 11) is 0. The number of anilines is 1. The van der Waals surface area contributed by atoms with Gasteiger partial charge in [0, 0.05) is 17.0 Å². The number of nitrogens with zero attached hydrogens (tertiary/aromatic N) is 3. The van der Waals surface area contributed by atoms with Gasteiger partial charge in [0.15, 0.2) is 16.9 Å². The number of hydrogen-bond acceptors (Lipinski definition) is 10. The van der Waals surface area contributed by atoms with Crippen molar-refractivity contribution in [2.75, 3.05) is 16.9 Å². The Hall–Kier alpha value is -6.35. The molecule has 1 saturated heterocycles. The van der Waals surface area contributed by atoms with Crippen molar-refractivity contribution in [1.82, 2.24) is 15.2 Å². The van der Waals surface area contributed by atoms with Crippen LogP contribution in [0, 0.1) is 0 Å². The van der Waals surface area contributed by atoms with Crippen LogP contribution in [0.15, 0.2) is 173 Å². The number of esters is 1. The third-order valence-electron chi connectivity index (χ3n) is 10.2. The van der Waals surface area contributed by atoms with Gasteiger partial charge in [-0.3, -0.25) is 14.5 Å². The van der Waals surface area contributed by atoms with Gasteiger partial charge in [-0.15, -0.1) is 34.7 Å². The third kappa shape index (κ3) is 8.51. The van der Waals surface area contributed by atoms with Crippen molar-refractivity contribution < 1.29 is 32.7 Å². The second-order valence-electron chi connectivity index (χ2n) is 13.9. The maximum Gasteiger partial charge on any atom is 0.407 e. The molecule has 10 nitrogen and oxygen atoms in total. The lowest BCUT2D eigenvalue weighted by molar-refractivity contribution is -0.154. The second kappa shape index (κ2) is 18.5. The third-order valence-corrected chi connectivity index (χ3v) is 12.6. The van der Waals surface area contributed by atoms with E-state index in [-0.39, 0.29) is 23.0 Å². The van der Waals surface area contributed by atoms with Crippen LogP contribution < -0.4 is 10.6 Å². The molecule has 6 aromatic rings. The van der Waals surface area contributed by atoms with Gasteiger partial charge < -0.3 is 20.2 Å². The highest BCUT2D eigenvalue weighted by molar-refractivity contribution is 8.00. The molecule has 0 radical (unpaired) electrons. The molecule has 2 amide bonds. The van der Waals surface area contributed by atoms with Gasteiger partial charge in [0.05, 0.1) is 0 Å². The van der Waals surface area contributed by atoms with Gasteiger partial charge in [0.2, 0.25) is 0 Å². The number of halogens is 3. The molecule has 0 aliphatic carbocycles. The topological polar surface area (TPSA) is 122 Å². The SMILES string of the molecule is O=C(OC(c1ccccc1)c1ccccc1)C1=C(CCl)CS[C@@H]2C(NC(=O)/C(=N/OC(F)F)c3csc(NC(c4ccccc4)(c4ccccc4)c4ccccc4)n3)C(=O)N12. The number of β-lactam (4-membered cyclic amide) rings is 1. The molecule has 2 atom stereocenters. The largest absolute Gasteiger partial charge is 0.448 e. The van der Waals surface area contributed by atoms with Crippen LogP contribution in [0.4, 0.5) is 13.9 Å². The van der Waals surface area contributed by atoms with Crippen molar-refractivity contribution in [3.05, 3.63) is 202 Å². The number of hydrogen-bond donors (Lipinski definition) is 2. The average molecular weight is 876 g/mol. The number of nitrogens with one attached hydrogen (secondary N) is 2. The minimum atomic E-state index is -3.35. The van der Waals surface area contributed by atoms with Gasteiger partial charge in [0.1, 0.15) is 28.3 Å². The minimum absolute atomic E-state index is 0.00464. The molecular formula is C46H36ClF2N5O5S2. The van der Waals surface area contributed by atoms with Crippen molar-refractivity contribution in [2.24, 2.45) is 5.16 Å². The molecule has 5 aromatic carbocycles. The first kappa shape index (κ1) is 41.4. The molecule has 8 rings (SSSR count). The van der Waals surface area contributed by atoms with Gasteiger partial charge in [0.25, 0.3) is 11.8 Å². The van der Waals surface area contributed by atoms with Gasteiger partial charge >= 0.3 is 12.6 Å². The zero-order chi connectivity index (χ0) is 42.3. The molecule has 15 heteroatoms. The monoisotopic (exact) mass is 875 g/mol. The highest BCUT2D eigenvalue weighted by Crippen LogP contribution is 2.43. The average Bonchev–Trinajstić information content (AvgIpc) is 3.77. The molecular weight excluding hydrogens is 840 g/mol. The summed E-state index contributed by atoms with van der Waals surface area (Å²) in [4.78, 5) is 52.2. The Labute approximate surface area is 363 Å². The lowest BCUT2D eigenvalue weighted by atomic mass is 9.77. The molecule has 2 aliphatic heterocycles. The smallest absolute Gasteiger partial charge is 0.407 e. The Morgan fingerprint density at radius 2 is 1.33 bits per heavy atom. The number of oxime groups is 1. The fraction of sp³-hybridized carbons (Fsp3) is 0.152. The van der Waals surface area contributed by atoms with Crippen molar-refractivity contribution >= 4 is 63.3 Å². The number of amides is 2. The molecule has 2 aliphatic rings. The number of carbonyl (C=O) groups is 3. The second-order valence-corrected chi connectivity index (χ2v) is 16.1. The van der Waals surface area contributed by atoms with Crippen LogP contribution in [0.3, 0.4) is 0 Å². The van der Waals surface area contributed by atoms with Crippen molar-refractivity contribution in [2.45, 2.75) is 29.7 Å². The van der Waals surface area contributed by atoms with Crippen LogP contribution in [-0.4, -0.2) is 63.0 Å². The van der Waals surface area contributed by atoms with E-state index in [1.165, 1.54) is 22.0 Å². The van der Waals surface area contributed by atoms with Crippen molar-refractivity contribution in [3.8, 4) is 0 Å². The zero-order valence-electron chi connectivity index (χ0n) is 32.1. The molecule has 3 heterocycles. The summed E-state index contributed by atoms with van der Waals surface area (Å²) in [5, 5.41) is 10.8. The summed E-state index contributed by atoms with van der Waals surface area (Å²) < 4.78 is 33.1. The van der Waals surface area contributed by atoms with E-state index >= 15 is 0 Å². The Balaban J connectivity index is 1.05.